The van der Waals surface area contributed by atoms with Crippen LogP contribution in [0, 0.1) is 5.92 Å². The highest BCUT2D eigenvalue weighted by atomic mass is 16.5. The highest BCUT2D eigenvalue weighted by Gasteiger charge is 2.42. The first-order chi connectivity index (χ1) is 11.3. The number of likely N-dealkylation sites (tertiary alicyclic amines) is 1. The molecule has 2 atom stereocenters. The van der Waals surface area contributed by atoms with Gasteiger partial charge >= 0.3 is 0 Å². The monoisotopic (exact) mass is 307 g/mol. The van der Waals surface area contributed by atoms with Crippen molar-refractivity contribution in [2.24, 2.45) is 5.92 Å². The van der Waals surface area contributed by atoms with Gasteiger partial charge in [-0.05, 0) is 41.5 Å². The molecule has 0 unspecified atom stereocenters. The molecule has 2 aromatic rings. The molecule has 1 aliphatic carbocycles. The molecule has 2 aromatic carbocycles. The van der Waals surface area contributed by atoms with Crippen molar-refractivity contribution in [3.8, 4) is 5.75 Å². The van der Waals surface area contributed by atoms with E-state index in [-0.39, 0.29) is 5.91 Å². The van der Waals surface area contributed by atoms with Gasteiger partial charge in [-0.1, -0.05) is 42.5 Å². The molecule has 1 amide bonds. The summed E-state index contributed by atoms with van der Waals surface area (Å²) in [7, 11) is 1.73. The van der Waals surface area contributed by atoms with E-state index in [9.17, 15) is 4.79 Å². The number of rotatable bonds is 3. The van der Waals surface area contributed by atoms with Crippen LogP contribution in [0.4, 0.5) is 0 Å². The maximum absolute atomic E-state index is 12.5. The average Bonchev–Trinajstić information content (AvgIpc) is 2.88. The van der Waals surface area contributed by atoms with E-state index in [0.717, 1.165) is 25.1 Å². The van der Waals surface area contributed by atoms with Crippen LogP contribution in [-0.2, 0) is 24.2 Å². The molecule has 0 bridgehead atoms. The third-order valence-corrected chi connectivity index (χ3v) is 5.24. The molecule has 3 heteroatoms. The van der Waals surface area contributed by atoms with Crippen LogP contribution < -0.4 is 4.74 Å². The minimum Gasteiger partial charge on any atom is -0.496 e. The molecule has 1 heterocycles. The third kappa shape index (κ3) is 2.50. The van der Waals surface area contributed by atoms with E-state index in [0.29, 0.717) is 18.4 Å². The Bertz CT molecular complexity index is 726. The number of benzene rings is 2. The van der Waals surface area contributed by atoms with E-state index in [1.165, 1.54) is 16.7 Å². The number of carbonyl (C=O) groups is 1. The maximum Gasteiger partial charge on any atom is 0.223 e. The molecule has 4 rings (SSSR count). The lowest BCUT2D eigenvalue weighted by Gasteiger charge is -2.33. The van der Waals surface area contributed by atoms with Crippen LogP contribution in [0.1, 0.15) is 23.1 Å². The molecule has 118 valence electrons. The average molecular weight is 307 g/mol. The number of methoxy groups -OCH3 is 1. The smallest absolute Gasteiger partial charge is 0.223 e. The molecular formula is C20H21NO2. The van der Waals surface area contributed by atoms with Crippen LogP contribution in [0.5, 0.6) is 5.75 Å². The molecule has 0 aromatic heterocycles. The van der Waals surface area contributed by atoms with Gasteiger partial charge in [0.2, 0.25) is 5.91 Å². The van der Waals surface area contributed by atoms with E-state index in [4.69, 9.17) is 4.74 Å². The standard InChI is InChI=1S/C20H21NO2/c1-23-19-9-5-8-15-11-18-16(10-17(15)19)12-20(22)21(18)13-14-6-3-2-4-7-14/h2-9,16,18H,10-13H2,1H3/t16-,18-/m0/s1. The summed E-state index contributed by atoms with van der Waals surface area (Å²) < 4.78 is 5.51. The van der Waals surface area contributed by atoms with Gasteiger partial charge in [-0.25, -0.2) is 0 Å². The van der Waals surface area contributed by atoms with Crippen molar-refractivity contribution >= 4 is 5.91 Å². The summed E-state index contributed by atoms with van der Waals surface area (Å²) in [5, 5.41) is 0. The summed E-state index contributed by atoms with van der Waals surface area (Å²) in [6.45, 7) is 0.722. The lowest BCUT2D eigenvalue weighted by Crippen LogP contribution is -2.39. The van der Waals surface area contributed by atoms with Crippen molar-refractivity contribution in [1.82, 2.24) is 4.90 Å². The van der Waals surface area contributed by atoms with Crippen molar-refractivity contribution < 1.29 is 9.53 Å². The highest BCUT2D eigenvalue weighted by molar-refractivity contribution is 5.79. The minimum atomic E-state index is 0.288. The fourth-order valence-electron chi connectivity index (χ4n) is 4.10. The fourth-order valence-corrected chi connectivity index (χ4v) is 4.10. The molecule has 0 radical (unpaired) electrons. The van der Waals surface area contributed by atoms with Crippen LogP contribution >= 0.6 is 0 Å². The molecular weight excluding hydrogens is 286 g/mol. The van der Waals surface area contributed by atoms with Gasteiger partial charge in [0.15, 0.2) is 0 Å². The quantitative estimate of drug-likeness (QED) is 0.871. The van der Waals surface area contributed by atoms with Gasteiger partial charge < -0.3 is 9.64 Å². The summed E-state index contributed by atoms with van der Waals surface area (Å²) in [5.41, 5.74) is 3.84. The van der Waals surface area contributed by atoms with Crippen LogP contribution in [-0.4, -0.2) is 24.0 Å². The van der Waals surface area contributed by atoms with Crippen LogP contribution in [0.25, 0.3) is 0 Å². The van der Waals surface area contributed by atoms with Crippen molar-refractivity contribution in [3.05, 3.63) is 65.2 Å². The molecule has 0 N–H and O–H groups in total. The Morgan fingerprint density at radius 2 is 1.87 bits per heavy atom. The molecule has 23 heavy (non-hydrogen) atoms. The van der Waals surface area contributed by atoms with Gasteiger partial charge in [-0.15, -0.1) is 0 Å². The van der Waals surface area contributed by atoms with Crippen molar-refractivity contribution in [2.45, 2.75) is 31.8 Å². The highest BCUT2D eigenvalue weighted by Crippen LogP contribution is 2.40. The van der Waals surface area contributed by atoms with Gasteiger partial charge in [0.1, 0.15) is 5.75 Å². The van der Waals surface area contributed by atoms with Crippen molar-refractivity contribution in [1.29, 1.82) is 0 Å². The molecule has 0 spiro atoms. The lowest BCUT2D eigenvalue weighted by atomic mass is 9.80. The van der Waals surface area contributed by atoms with Crippen LogP contribution in [0.3, 0.4) is 0 Å². The summed E-state index contributed by atoms with van der Waals surface area (Å²) in [6.07, 6.45) is 2.55. The minimum absolute atomic E-state index is 0.288. The van der Waals surface area contributed by atoms with Gasteiger partial charge in [0.05, 0.1) is 7.11 Å². The normalized spacial score (nSPS) is 22.7. The fraction of sp³-hybridized carbons (Fsp3) is 0.350. The molecule has 1 aliphatic heterocycles. The number of hydrogen-bond acceptors (Lipinski definition) is 2. The Morgan fingerprint density at radius 1 is 1.04 bits per heavy atom. The van der Waals surface area contributed by atoms with E-state index < -0.39 is 0 Å². The van der Waals surface area contributed by atoms with E-state index in [1.807, 2.05) is 24.3 Å². The van der Waals surface area contributed by atoms with Crippen LogP contribution in [0.15, 0.2) is 48.5 Å². The topological polar surface area (TPSA) is 29.5 Å². The summed E-state index contributed by atoms with van der Waals surface area (Å²) >= 11 is 0. The molecule has 0 saturated carbocycles. The first-order valence-electron chi connectivity index (χ1n) is 8.24. The Hall–Kier alpha value is -2.29. The van der Waals surface area contributed by atoms with Crippen molar-refractivity contribution in [2.75, 3.05) is 7.11 Å². The van der Waals surface area contributed by atoms with Crippen LogP contribution in [0.2, 0.25) is 0 Å². The molecule has 2 aliphatic rings. The van der Waals surface area contributed by atoms with E-state index >= 15 is 0 Å². The Balaban J connectivity index is 1.62. The summed E-state index contributed by atoms with van der Waals surface area (Å²) in [4.78, 5) is 14.6. The summed E-state index contributed by atoms with van der Waals surface area (Å²) in [6, 6.07) is 16.9. The Kier molecular flexibility index (Phi) is 3.56. The molecule has 1 fully saturated rings. The zero-order valence-electron chi connectivity index (χ0n) is 13.4. The third-order valence-electron chi connectivity index (χ3n) is 5.24. The second-order valence-electron chi connectivity index (χ2n) is 6.54. The van der Waals surface area contributed by atoms with Gasteiger partial charge in [0, 0.05) is 19.0 Å². The molecule has 1 saturated heterocycles. The summed E-state index contributed by atoms with van der Waals surface area (Å²) in [5.74, 6) is 1.67. The Morgan fingerprint density at radius 3 is 2.65 bits per heavy atom. The zero-order chi connectivity index (χ0) is 15.8. The number of amides is 1. The van der Waals surface area contributed by atoms with Gasteiger partial charge in [-0.3, -0.25) is 4.79 Å². The number of ether oxygens (including phenoxy) is 1. The molecule has 3 nitrogen and oxygen atoms in total. The Labute approximate surface area is 136 Å². The predicted molar refractivity (Wildman–Crippen MR) is 89.3 cm³/mol. The zero-order valence-corrected chi connectivity index (χ0v) is 13.4. The van der Waals surface area contributed by atoms with Gasteiger partial charge in [-0.2, -0.15) is 0 Å². The first-order valence-corrected chi connectivity index (χ1v) is 8.24. The maximum atomic E-state index is 12.5. The predicted octanol–water partition coefficient (Wildman–Crippen LogP) is 3.21. The number of nitrogens with zero attached hydrogens (tertiary/aromatic N) is 1. The first kappa shape index (κ1) is 14.3. The number of fused-ring (bicyclic) bond motifs is 2. The van der Waals surface area contributed by atoms with Crippen molar-refractivity contribution in [3.63, 3.8) is 0 Å². The van der Waals surface area contributed by atoms with E-state index in [2.05, 4.69) is 29.2 Å². The van der Waals surface area contributed by atoms with Gasteiger partial charge in [0.25, 0.3) is 0 Å². The number of carbonyl (C=O) groups excluding carboxylic acids is 1. The SMILES string of the molecule is COc1cccc2c1C[C@H]1CC(=O)N(Cc3ccccc3)[C@H]1C2. The lowest BCUT2D eigenvalue weighted by molar-refractivity contribution is -0.129. The number of hydrogen-bond donors (Lipinski definition) is 0. The second-order valence-corrected chi connectivity index (χ2v) is 6.54. The van der Waals surface area contributed by atoms with E-state index in [1.54, 1.807) is 7.11 Å². The second kappa shape index (κ2) is 5.73. The largest absolute Gasteiger partial charge is 0.496 e.